The highest BCUT2D eigenvalue weighted by atomic mass is 127. The minimum absolute atomic E-state index is 0.172. The summed E-state index contributed by atoms with van der Waals surface area (Å²) in [4.78, 5) is 27.1. The molecule has 192 valence electrons. The van der Waals surface area contributed by atoms with Crippen LogP contribution in [0.2, 0.25) is 5.02 Å². The van der Waals surface area contributed by atoms with Crippen molar-refractivity contribution in [3.05, 3.63) is 90.3 Å². The minimum Gasteiger partial charge on any atom is -0.493 e. The summed E-state index contributed by atoms with van der Waals surface area (Å²) in [7, 11) is 1.56. The van der Waals surface area contributed by atoms with Gasteiger partial charge >= 0.3 is 0 Å². The van der Waals surface area contributed by atoms with E-state index in [2.05, 4.69) is 22.6 Å². The van der Waals surface area contributed by atoms with Crippen LogP contribution in [0.15, 0.2) is 59.5 Å². The van der Waals surface area contributed by atoms with Gasteiger partial charge in [0.15, 0.2) is 11.5 Å². The largest absolute Gasteiger partial charge is 0.493 e. The number of benzene rings is 3. The van der Waals surface area contributed by atoms with Crippen LogP contribution in [0.4, 0.5) is 4.79 Å². The Morgan fingerprint density at radius 2 is 1.81 bits per heavy atom. The van der Waals surface area contributed by atoms with E-state index in [0.29, 0.717) is 21.4 Å². The van der Waals surface area contributed by atoms with E-state index in [4.69, 9.17) is 25.8 Å². The zero-order valence-electron chi connectivity index (χ0n) is 20.5. The highest BCUT2D eigenvalue weighted by molar-refractivity contribution is 14.1. The van der Waals surface area contributed by atoms with E-state index in [1.165, 1.54) is 4.90 Å². The van der Waals surface area contributed by atoms with Gasteiger partial charge in [-0.15, -0.1) is 0 Å². The summed E-state index contributed by atoms with van der Waals surface area (Å²) in [5, 5.41) is 0.311. The number of rotatable bonds is 9. The second-order valence-electron chi connectivity index (χ2n) is 8.36. The Labute approximate surface area is 239 Å². The molecule has 2 amide bonds. The molecule has 6 nitrogen and oxygen atoms in total. The Balaban J connectivity index is 1.45. The summed E-state index contributed by atoms with van der Waals surface area (Å²) < 4.78 is 18.2. The Morgan fingerprint density at radius 3 is 2.57 bits per heavy atom. The van der Waals surface area contributed by atoms with Crippen molar-refractivity contribution in [2.24, 2.45) is 0 Å². The van der Waals surface area contributed by atoms with Crippen molar-refractivity contribution >= 4 is 63.2 Å². The highest BCUT2D eigenvalue weighted by Gasteiger charge is 2.35. The van der Waals surface area contributed by atoms with Gasteiger partial charge in [0.05, 0.1) is 22.1 Å². The molecule has 0 N–H and O–H groups in total. The smallest absolute Gasteiger partial charge is 0.293 e. The van der Waals surface area contributed by atoms with Gasteiger partial charge in [-0.1, -0.05) is 41.9 Å². The van der Waals surface area contributed by atoms with Gasteiger partial charge in [0.25, 0.3) is 11.1 Å². The second kappa shape index (κ2) is 12.2. The lowest BCUT2D eigenvalue weighted by molar-refractivity contribution is -0.123. The average molecular weight is 650 g/mol. The van der Waals surface area contributed by atoms with Crippen molar-refractivity contribution in [3.63, 3.8) is 0 Å². The molecule has 0 bridgehead atoms. The summed E-state index contributed by atoms with van der Waals surface area (Å²) >= 11 is 9.32. The number of hydrogen-bond acceptors (Lipinski definition) is 6. The third-order valence-electron chi connectivity index (χ3n) is 5.67. The normalized spacial score (nSPS) is 14.4. The Morgan fingerprint density at radius 1 is 1.03 bits per heavy atom. The number of halogens is 2. The number of nitrogens with zero attached hydrogens (tertiary/aromatic N) is 1. The van der Waals surface area contributed by atoms with E-state index in [9.17, 15) is 9.59 Å². The maximum absolute atomic E-state index is 13.0. The molecule has 9 heteroatoms. The van der Waals surface area contributed by atoms with Crippen molar-refractivity contribution in [2.75, 3.05) is 20.3 Å². The van der Waals surface area contributed by atoms with Gasteiger partial charge in [-0.2, -0.15) is 0 Å². The van der Waals surface area contributed by atoms with E-state index in [1.54, 1.807) is 19.3 Å². The third-order valence-corrected chi connectivity index (χ3v) is 7.75. The van der Waals surface area contributed by atoms with Gasteiger partial charge in [0.2, 0.25) is 0 Å². The van der Waals surface area contributed by atoms with E-state index < -0.39 is 0 Å². The quantitative estimate of drug-likeness (QED) is 0.180. The lowest BCUT2D eigenvalue weighted by atomic mass is 10.1. The predicted octanol–water partition coefficient (Wildman–Crippen LogP) is 7.26. The zero-order chi connectivity index (χ0) is 26.5. The van der Waals surface area contributed by atoms with E-state index in [1.807, 2.05) is 62.4 Å². The SMILES string of the molecule is COc1cc(/C=C2\SC(=O)N(CCOc3cc(C)ccc3C)C2=O)cc(I)c1OCc1ccccc1Cl. The first-order valence-electron chi connectivity index (χ1n) is 11.5. The van der Waals surface area contributed by atoms with Crippen molar-refractivity contribution in [1.82, 2.24) is 4.90 Å². The number of imide groups is 1. The minimum atomic E-state index is -0.340. The molecule has 1 saturated heterocycles. The first kappa shape index (κ1) is 27.3. The topological polar surface area (TPSA) is 65.1 Å². The number of methoxy groups -OCH3 is 1. The van der Waals surface area contributed by atoms with Gasteiger partial charge in [-0.05, 0) is 95.2 Å². The second-order valence-corrected chi connectivity index (χ2v) is 10.9. The molecule has 0 aliphatic carbocycles. The summed E-state index contributed by atoms with van der Waals surface area (Å²) in [6, 6.07) is 17.1. The fourth-order valence-corrected chi connectivity index (χ4v) is 5.52. The molecule has 1 fully saturated rings. The number of carbonyl (C=O) groups excluding carboxylic acids is 2. The summed E-state index contributed by atoms with van der Waals surface area (Å²) in [5.41, 5.74) is 3.67. The maximum atomic E-state index is 13.0. The molecule has 0 saturated carbocycles. The Bertz CT molecular complexity index is 1380. The van der Waals surface area contributed by atoms with Crippen molar-refractivity contribution < 1.29 is 23.8 Å². The molecule has 0 unspecified atom stereocenters. The van der Waals surface area contributed by atoms with Gasteiger partial charge in [0, 0.05) is 10.6 Å². The van der Waals surface area contributed by atoms with Crippen LogP contribution in [0, 0.1) is 17.4 Å². The van der Waals surface area contributed by atoms with Gasteiger partial charge in [-0.25, -0.2) is 0 Å². The summed E-state index contributed by atoms with van der Waals surface area (Å²) in [6.07, 6.45) is 1.69. The molecular formula is C28H25ClINO5S. The summed E-state index contributed by atoms with van der Waals surface area (Å²) in [5.74, 6) is 1.51. The lowest BCUT2D eigenvalue weighted by Crippen LogP contribution is -2.32. The molecule has 0 spiro atoms. The van der Waals surface area contributed by atoms with Crippen LogP contribution in [0.3, 0.4) is 0 Å². The van der Waals surface area contributed by atoms with Crippen LogP contribution in [0.25, 0.3) is 6.08 Å². The standard InChI is InChI=1S/C28H25ClINO5S/c1-17-8-9-18(2)23(12-17)35-11-10-31-27(32)25(37-28(31)33)15-19-13-22(30)26(24(14-19)34-3)36-16-20-6-4-5-7-21(20)29/h4-9,12-15H,10-11,16H2,1-3H3/b25-15-. The molecular weight excluding hydrogens is 625 g/mol. The van der Waals surface area contributed by atoms with Gasteiger partial charge in [0.1, 0.15) is 19.0 Å². The van der Waals surface area contributed by atoms with E-state index >= 15 is 0 Å². The monoisotopic (exact) mass is 649 g/mol. The molecule has 4 rings (SSSR count). The number of aryl methyl sites for hydroxylation is 2. The highest BCUT2D eigenvalue weighted by Crippen LogP contribution is 2.38. The van der Waals surface area contributed by atoms with Crippen LogP contribution in [0.5, 0.6) is 17.2 Å². The molecule has 1 aliphatic heterocycles. The average Bonchev–Trinajstić information content (AvgIpc) is 3.13. The fraction of sp³-hybridized carbons (Fsp3) is 0.214. The first-order chi connectivity index (χ1) is 17.8. The van der Waals surface area contributed by atoms with Crippen LogP contribution in [-0.2, 0) is 11.4 Å². The van der Waals surface area contributed by atoms with Crippen molar-refractivity contribution in [3.8, 4) is 17.2 Å². The van der Waals surface area contributed by atoms with Gasteiger partial charge in [-0.3, -0.25) is 14.5 Å². The third kappa shape index (κ3) is 6.61. The van der Waals surface area contributed by atoms with Crippen LogP contribution in [0.1, 0.15) is 22.3 Å². The van der Waals surface area contributed by atoms with E-state index in [0.717, 1.165) is 43.3 Å². The Kier molecular flexibility index (Phi) is 9.04. The Hall–Kier alpha value is -2.69. The number of ether oxygens (including phenoxy) is 3. The van der Waals surface area contributed by atoms with Crippen molar-refractivity contribution in [1.29, 1.82) is 0 Å². The molecule has 0 aromatic heterocycles. The van der Waals surface area contributed by atoms with Gasteiger partial charge < -0.3 is 14.2 Å². The number of amides is 2. The lowest BCUT2D eigenvalue weighted by Gasteiger charge is -2.15. The fourth-order valence-electron chi connectivity index (χ4n) is 3.68. The molecule has 3 aromatic rings. The molecule has 1 heterocycles. The van der Waals surface area contributed by atoms with E-state index in [-0.39, 0.29) is 30.9 Å². The predicted molar refractivity (Wildman–Crippen MR) is 156 cm³/mol. The van der Waals surface area contributed by atoms with Crippen LogP contribution in [-0.4, -0.2) is 36.3 Å². The number of hydrogen-bond donors (Lipinski definition) is 0. The molecule has 0 atom stereocenters. The van der Waals surface area contributed by atoms with Crippen molar-refractivity contribution in [2.45, 2.75) is 20.5 Å². The number of carbonyl (C=O) groups is 2. The maximum Gasteiger partial charge on any atom is 0.293 e. The molecule has 3 aromatic carbocycles. The molecule has 1 aliphatic rings. The number of thioether (sulfide) groups is 1. The van der Waals surface area contributed by atoms with Crippen LogP contribution >= 0.6 is 46.0 Å². The first-order valence-corrected chi connectivity index (χ1v) is 13.7. The van der Waals surface area contributed by atoms with Crippen LogP contribution < -0.4 is 14.2 Å². The summed E-state index contributed by atoms with van der Waals surface area (Å²) in [6.45, 7) is 4.62. The molecule has 0 radical (unpaired) electrons. The molecule has 37 heavy (non-hydrogen) atoms. The zero-order valence-corrected chi connectivity index (χ0v) is 24.3.